The Balaban J connectivity index is 1.33. The summed E-state index contributed by atoms with van der Waals surface area (Å²) in [5, 5.41) is 3.82. The van der Waals surface area contributed by atoms with Crippen LogP contribution in [0.3, 0.4) is 0 Å². The van der Waals surface area contributed by atoms with E-state index < -0.39 is 0 Å². The summed E-state index contributed by atoms with van der Waals surface area (Å²) in [6.45, 7) is 8.85. The van der Waals surface area contributed by atoms with E-state index in [1.165, 1.54) is 22.4 Å². The van der Waals surface area contributed by atoms with Gasteiger partial charge in [0.2, 0.25) is 0 Å². The van der Waals surface area contributed by atoms with Crippen molar-refractivity contribution in [1.29, 1.82) is 0 Å². The summed E-state index contributed by atoms with van der Waals surface area (Å²) in [6.07, 6.45) is 9.41. The van der Waals surface area contributed by atoms with Gasteiger partial charge in [0.15, 0.2) is 11.5 Å². The van der Waals surface area contributed by atoms with E-state index in [1.54, 1.807) is 6.08 Å². The number of anilines is 1. The molecule has 3 atom stereocenters. The topological polar surface area (TPSA) is 42.8 Å². The van der Waals surface area contributed by atoms with Crippen LogP contribution in [0.15, 0.2) is 90.5 Å². The largest absolute Gasteiger partial charge is 0.490 e. The molecule has 0 bridgehead atoms. The lowest BCUT2D eigenvalue weighted by molar-refractivity contribution is 0.297. The van der Waals surface area contributed by atoms with E-state index in [9.17, 15) is 0 Å². The molecule has 2 aliphatic rings. The number of nitrogens with zero attached hydrogens (tertiary/aromatic N) is 1. The standard InChI is InChI=1S/C31H32N2O2/c1-4-17-35-29-16-10-22(19-30(29)34-5-2)20-32-24-13-11-23(12-14-24)31-26-8-6-7-25(26)27-18-21(3)9-15-28(27)33-31/h4,6-7,9-16,18-20,25-26,31,33H,1,5,8,17H2,2-3H3/t25-,26+,31+/m1/s1. The van der Waals surface area contributed by atoms with Crippen molar-refractivity contribution in [3.63, 3.8) is 0 Å². The highest BCUT2D eigenvalue weighted by molar-refractivity contribution is 5.83. The van der Waals surface area contributed by atoms with Crippen LogP contribution < -0.4 is 14.8 Å². The fourth-order valence-electron chi connectivity index (χ4n) is 5.10. The molecular formula is C31H32N2O2. The van der Waals surface area contributed by atoms with Gasteiger partial charge in [0.1, 0.15) is 6.61 Å². The Bertz CT molecular complexity index is 1260. The number of hydrogen-bond acceptors (Lipinski definition) is 4. The first-order chi connectivity index (χ1) is 17.2. The maximum atomic E-state index is 5.74. The molecule has 0 spiro atoms. The number of aliphatic imine (C=N–C) groups is 1. The molecule has 1 N–H and O–H groups in total. The molecule has 3 aromatic rings. The van der Waals surface area contributed by atoms with Crippen LogP contribution >= 0.6 is 0 Å². The van der Waals surface area contributed by atoms with E-state index in [-0.39, 0.29) is 0 Å². The van der Waals surface area contributed by atoms with Crippen LogP contribution in [0, 0.1) is 12.8 Å². The van der Waals surface area contributed by atoms with Gasteiger partial charge in [-0.15, -0.1) is 0 Å². The van der Waals surface area contributed by atoms with Crippen molar-refractivity contribution in [2.75, 3.05) is 18.5 Å². The Morgan fingerprint density at radius 1 is 1.03 bits per heavy atom. The predicted octanol–water partition coefficient (Wildman–Crippen LogP) is 7.54. The third kappa shape index (κ3) is 4.88. The zero-order valence-corrected chi connectivity index (χ0v) is 20.4. The van der Waals surface area contributed by atoms with E-state index in [2.05, 4.69) is 73.4 Å². The lowest BCUT2D eigenvalue weighted by Crippen LogP contribution is -2.29. The van der Waals surface area contributed by atoms with Gasteiger partial charge in [-0.05, 0) is 79.3 Å². The second kappa shape index (κ2) is 10.2. The van der Waals surface area contributed by atoms with Crippen LogP contribution in [0.1, 0.15) is 47.6 Å². The van der Waals surface area contributed by atoms with Gasteiger partial charge in [-0.1, -0.05) is 54.6 Å². The molecule has 4 nitrogen and oxygen atoms in total. The van der Waals surface area contributed by atoms with Crippen molar-refractivity contribution in [2.45, 2.75) is 32.2 Å². The molecule has 0 saturated carbocycles. The molecule has 1 heterocycles. The normalized spacial score (nSPS) is 20.2. The molecular weight excluding hydrogens is 432 g/mol. The fourth-order valence-corrected chi connectivity index (χ4v) is 5.10. The third-order valence-electron chi connectivity index (χ3n) is 6.76. The Kier molecular flexibility index (Phi) is 6.71. The SMILES string of the molecule is C=CCOc1ccc(C=Nc2ccc([C@@H]3Nc4ccc(C)cc4[C@@H]4C=CC[C@@H]43)cc2)cc1OCC. The molecule has 178 valence electrons. The third-order valence-corrected chi connectivity index (χ3v) is 6.76. The molecule has 1 aliphatic carbocycles. The molecule has 0 fully saturated rings. The van der Waals surface area contributed by atoms with Crippen LogP contribution in [0.5, 0.6) is 11.5 Å². The molecule has 0 saturated heterocycles. The summed E-state index contributed by atoms with van der Waals surface area (Å²) >= 11 is 0. The van der Waals surface area contributed by atoms with E-state index in [4.69, 9.17) is 14.5 Å². The van der Waals surface area contributed by atoms with Gasteiger partial charge in [-0.3, -0.25) is 4.99 Å². The van der Waals surface area contributed by atoms with Crippen molar-refractivity contribution in [3.8, 4) is 11.5 Å². The minimum atomic E-state index is 0.292. The smallest absolute Gasteiger partial charge is 0.161 e. The monoisotopic (exact) mass is 464 g/mol. The quantitative estimate of drug-likeness (QED) is 0.277. The first-order valence-electron chi connectivity index (χ1n) is 12.3. The van der Waals surface area contributed by atoms with Gasteiger partial charge in [0.05, 0.1) is 18.3 Å². The number of ether oxygens (including phenoxy) is 2. The van der Waals surface area contributed by atoms with Crippen molar-refractivity contribution in [2.24, 2.45) is 10.9 Å². The van der Waals surface area contributed by atoms with Gasteiger partial charge in [-0.25, -0.2) is 0 Å². The first kappa shape index (κ1) is 23.0. The maximum absolute atomic E-state index is 5.74. The minimum Gasteiger partial charge on any atom is -0.490 e. The lowest BCUT2D eigenvalue weighted by atomic mass is 9.76. The Morgan fingerprint density at radius 2 is 1.89 bits per heavy atom. The van der Waals surface area contributed by atoms with Crippen molar-refractivity contribution < 1.29 is 9.47 Å². The van der Waals surface area contributed by atoms with E-state index in [1.807, 2.05) is 31.3 Å². The summed E-state index contributed by atoms with van der Waals surface area (Å²) in [5.74, 6) is 2.45. The lowest BCUT2D eigenvalue weighted by Gasteiger charge is -2.37. The molecule has 0 unspecified atom stereocenters. The molecule has 0 radical (unpaired) electrons. The minimum absolute atomic E-state index is 0.292. The van der Waals surface area contributed by atoms with Gasteiger partial charge in [-0.2, -0.15) is 0 Å². The zero-order chi connectivity index (χ0) is 24.2. The van der Waals surface area contributed by atoms with Crippen LogP contribution in [0.2, 0.25) is 0 Å². The summed E-state index contributed by atoms with van der Waals surface area (Å²) in [5.41, 5.74) is 7.18. The van der Waals surface area contributed by atoms with Gasteiger partial charge in [0, 0.05) is 17.8 Å². The molecule has 0 amide bonds. The van der Waals surface area contributed by atoms with E-state index in [0.29, 0.717) is 42.6 Å². The number of hydrogen-bond donors (Lipinski definition) is 1. The van der Waals surface area contributed by atoms with E-state index >= 15 is 0 Å². The van der Waals surface area contributed by atoms with Crippen molar-refractivity contribution in [3.05, 3.63) is 108 Å². The van der Waals surface area contributed by atoms with Crippen LogP contribution in [-0.4, -0.2) is 19.4 Å². The average Bonchev–Trinajstić information content (AvgIpc) is 3.38. The number of rotatable bonds is 8. The Hall–Kier alpha value is -3.79. The summed E-state index contributed by atoms with van der Waals surface area (Å²) in [4.78, 5) is 4.70. The molecule has 35 heavy (non-hydrogen) atoms. The molecule has 1 aliphatic heterocycles. The summed E-state index contributed by atoms with van der Waals surface area (Å²) in [7, 11) is 0. The molecule has 5 rings (SSSR count). The average molecular weight is 465 g/mol. The highest BCUT2D eigenvalue weighted by Crippen LogP contribution is 2.50. The number of fused-ring (bicyclic) bond motifs is 3. The fraction of sp³-hybridized carbons (Fsp3) is 0.258. The Labute approximate surface area is 208 Å². The van der Waals surface area contributed by atoms with E-state index in [0.717, 1.165) is 17.7 Å². The second-order valence-corrected chi connectivity index (χ2v) is 9.15. The number of nitrogens with one attached hydrogen (secondary N) is 1. The first-order valence-corrected chi connectivity index (χ1v) is 12.3. The highest BCUT2D eigenvalue weighted by Gasteiger charge is 2.37. The van der Waals surface area contributed by atoms with Crippen LogP contribution in [0.4, 0.5) is 11.4 Å². The number of aryl methyl sites for hydroxylation is 1. The highest BCUT2D eigenvalue weighted by atomic mass is 16.5. The summed E-state index contributed by atoms with van der Waals surface area (Å²) in [6, 6.07) is 21.5. The molecule has 0 aromatic heterocycles. The van der Waals surface area contributed by atoms with Gasteiger partial charge < -0.3 is 14.8 Å². The molecule has 3 aromatic carbocycles. The molecule has 4 heteroatoms. The zero-order valence-electron chi connectivity index (χ0n) is 20.4. The van der Waals surface area contributed by atoms with Crippen molar-refractivity contribution in [1.82, 2.24) is 0 Å². The van der Waals surface area contributed by atoms with Crippen molar-refractivity contribution >= 4 is 17.6 Å². The number of allylic oxidation sites excluding steroid dienone is 2. The Morgan fingerprint density at radius 3 is 2.69 bits per heavy atom. The van der Waals surface area contributed by atoms with Crippen LogP contribution in [0.25, 0.3) is 0 Å². The number of benzene rings is 3. The maximum Gasteiger partial charge on any atom is 0.161 e. The van der Waals surface area contributed by atoms with Gasteiger partial charge >= 0.3 is 0 Å². The summed E-state index contributed by atoms with van der Waals surface area (Å²) < 4.78 is 11.4. The second-order valence-electron chi connectivity index (χ2n) is 9.15. The van der Waals surface area contributed by atoms with Crippen LogP contribution in [-0.2, 0) is 0 Å². The van der Waals surface area contributed by atoms with Gasteiger partial charge in [0.25, 0.3) is 0 Å². The predicted molar refractivity (Wildman–Crippen MR) is 145 cm³/mol.